The molecule has 0 saturated heterocycles. The first-order valence-corrected chi connectivity index (χ1v) is 19.4. The van der Waals surface area contributed by atoms with Gasteiger partial charge in [-0.05, 0) is 60.7 Å². The smallest absolute Gasteiger partial charge is 0.340 e. The molecular weight excluding hydrogens is 885 g/mol. The van der Waals surface area contributed by atoms with Crippen molar-refractivity contribution in [1.82, 2.24) is 0 Å². The van der Waals surface area contributed by atoms with Crippen LogP contribution in [0.3, 0.4) is 0 Å². The first-order valence-electron chi connectivity index (χ1n) is 18.6. The minimum absolute atomic E-state index is 0.0370. The number of nitrogens with one attached hydrogen (secondary N) is 1. The Bertz CT molecular complexity index is 2670. The minimum atomic E-state index is -1.82. The van der Waals surface area contributed by atoms with Gasteiger partial charge in [-0.1, -0.05) is 52.9 Å². The molecule has 1 amide bonds. The maximum Gasteiger partial charge on any atom is 0.340 e. The van der Waals surface area contributed by atoms with Gasteiger partial charge < -0.3 is 83.9 Å². The van der Waals surface area contributed by atoms with Crippen LogP contribution in [0, 0.1) is 0 Å². The highest BCUT2D eigenvalue weighted by Crippen LogP contribution is 2.58. The lowest BCUT2D eigenvalue weighted by Crippen LogP contribution is -2.44. The Kier molecular flexibility index (Phi) is 12.3. The van der Waals surface area contributed by atoms with Crippen molar-refractivity contribution in [3.63, 3.8) is 0 Å². The molecule has 0 aromatic heterocycles. The lowest BCUT2D eigenvalue weighted by Gasteiger charge is -2.38. The van der Waals surface area contributed by atoms with E-state index in [4.69, 9.17) is 42.1 Å². The van der Waals surface area contributed by atoms with Crippen molar-refractivity contribution in [3.05, 3.63) is 123 Å². The quantitative estimate of drug-likeness (QED) is 0.0867. The Morgan fingerprint density at radius 3 is 1.69 bits per heavy atom. The molecule has 7 rings (SSSR count). The largest absolute Gasteiger partial charge is 0.871 e. The van der Waals surface area contributed by atoms with Gasteiger partial charge in [0.1, 0.15) is 36.2 Å². The summed E-state index contributed by atoms with van der Waals surface area (Å²) in [5, 5.41) is 73.1. The number of rotatable bonds is 17. The lowest BCUT2D eigenvalue weighted by molar-refractivity contribution is -0.307. The number of nitrogens with zero attached hydrogens (tertiary/aromatic N) is 2. The molecular formula is C43H27Cl2N3O16-6. The number of para-hydroxylation sites is 2. The van der Waals surface area contributed by atoms with Crippen LogP contribution in [0.25, 0.3) is 0 Å². The van der Waals surface area contributed by atoms with E-state index in [-0.39, 0.29) is 91.1 Å². The zero-order chi connectivity index (χ0) is 46.0. The molecule has 19 nitrogen and oxygen atoms in total. The summed E-state index contributed by atoms with van der Waals surface area (Å²) in [5.74, 6) is -9.55. The molecule has 5 aromatic rings. The van der Waals surface area contributed by atoms with Crippen molar-refractivity contribution in [1.29, 1.82) is 0 Å². The zero-order valence-corrected chi connectivity index (χ0v) is 34.0. The van der Waals surface area contributed by atoms with Crippen LogP contribution in [0.4, 0.5) is 17.1 Å². The van der Waals surface area contributed by atoms with E-state index < -0.39 is 79.0 Å². The van der Waals surface area contributed by atoms with Gasteiger partial charge in [0.2, 0.25) is 0 Å². The van der Waals surface area contributed by atoms with Crippen LogP contribution in [0.5, 0.6) is 34.5 Å². The molecule has 5 aromatic carbocycles. The molecule has 0 fully saturated rings. The Balaban J connectivity index is 1.17. The molecule has 2 heterocycles. The molecule has 0 atom stereocenters. The number of anilines is 3. The summed E-state index contributed by atoms with van der Waals surface area (Å²) in [6.45, 7) is -4.09. The summed E-state index contributed by atoms with van der Waals surface area (Å²) in [6, 6.07) is 18.4. The van der Waals surface area contributed by atoms with Crippen LogP contribution >= 0.6 is 23.2 Å². The molecule has 0 bridgehead atoms. The highest BCUT2D eigenvalue weighted by molar-refractivity contribution is 6.32. The second kappa shape index (κ2) is 17.8. The van der Waals surface area contributed by atoms with Gasteiger partial charge in [0, 0.05) is 44.1 Å². The summed E-state index contributed by atoms with van der Waals surface area (Å²) in [6.07, 6.45) is 0. The van der Waals surface area contributed by atoms with Gasteiger partial charge >= 0.3 is 5.97 Å². The minimum Gasteiger partial charge on any atom is -0.871 e. The predicted octanol–water partition coefficient (Wildman–Crippen LogP) is -0.969. The van der Waals surface area contributed by atoms with Crippen LogP contribution < -0.4 is 60.0 Å². The molecule has 1 spiro atoms. The molecule has 1 N–H and O–H groups in total. The number of carbonyl (C=O) groups excluding carboxylic acids is 6. The predicted molar refractivity (Wildman–Crippen MR) is 210 cm³/mol. The summed E-state index contributed by atoms with van der Waals surface area (Å²) in [7, 11) is 0. The molecule has 2 aliphatic heterocycles. The third kappa shape index (κ3) is 8.88. The van der Waals surface area contributed by atoms with Crippen LogP contribution in [0.2, 0.25) is 10.0 Å². The van der Waals surface area contributed by atoms with Crippen molar-refractivity contribution in [2.75, 3.05) is 54.5 Å². The fourth-order valence-electron chi connectivity index (χ4n) is 7.25. The number of carbonyl (C=O) groups is 6. The molecule has 21 heteroatoms. The maximum atomic E-state index is 13.8. The number of aliphatic carboxylic acids is 4. The van der Waals surface area contributed by atoms with Crippen LogP contribution in [-0.2, 0) is 29.5 Å². The van der Waals surface area contributed by atoms with Crippen molar-refractivity contribution >= 4 is 76.0 Å². The number of benzene rings is 5. The molecule has 0 aliphatic carbocycles. The monoisotopic (exact) mass is 911 g/mol. The van der Waals surface area contributed by atoms with Gasteiger partial charge in [0.05, 0.1) is 67.0 Å². The second-order valence-corrected chi connectivity index (χ2v) is 14.8. The van der Waals surface area contributed by atoms with E-state index in [9.17, 15) is 59.4 Å². The van der Waals surface area contributed by atoms with E-state index in [1.165, 1.54) is 72.8 Å². The van der Waals surface area contributed by atoms with E-state index in [0.29, 0.717) is 0 Å². The van der Waals surface area contributed by atoms with Gasteiger partial charge in [-0.25, -0.2) is 4.79 Å². The standard InChI is InChI=1S/C43H33Cl2N3O16/c44-27-13-25-34(15-31(27)49)63-35-16-32(50)28(45)14-26(35)43(25)24-7-5-21(11-23(24)42(60)64-43)41(59)46-22-6-8-30(48(19-39(55)56)20-40(57)58)36(12-22)62-10-9-61-33-4-2-1-3-29(33)47(17-37(51)52)18-38(53)54/h1-8,11-16,49-50H,9-10,17-20H2,(H,46,59)(H,51,52)(H,53,54)(H,55,56)(H,57,58)/p-6. The van der Waals surface area contributed by atoms with Crippen molar-refractivity contribution < 1.29 is 78.4 Å². The summed E-state index contributed by atoms with van der Waals surface area (Å²) in [4.78, 5) is 75.2. The SMILES string of the molecule is O=C([O-])CN(CC(=O)[O-])c1ccccc1OCCOc1cc(NC(=O)c2ccc3c(c2)C(=O)OC32c3cc(Cl)c([O-])cc3Oc3cc([O-])c(Cl)cc32)ccc1N(CC(=O)[O-])CC(=O)[O-]. The van der Waals surface area contributed by atoms with Gasteiger partial charge in [-0.15, -0.1) is 0 Å². The number of fused-ring (bicyclic) bond motifs is 6. The van der Waals surface area contributed by atoms with Crippen molar-refractivity contribution in [2.45, 2.75) is 5.60 Å². The number of carboxylic acid groups (broad SMARTS) is 4. The number of halogens is 2. The fourth-order valence-corrected chi connectivity index (χ4v) is 7.58. The number of ether oxygens (including phenoxy) is 4. The zero-order valence-electron chi connectivity index (χ0n) is 32.5. The van der Waals surface area contributed by atoms with E-state index >= 15 is 0 Å². The highest BCUT2D eigenvalue weighted by atomic mass is 35.5. The molecule has 0 unspecified atom stereocenters. The number of amides is 1. The molecule has 64 heavy (non-hydrogen) atoms. The average molecular weight is 913 g/mol. The normalized spacial score (nSPS) is 12.8. The van der Waals surface area contributed by atoms with E-state index in [0.717, 1.165) is 21.9 Å². The van der Waals surface area contributed by atoms with E-state index in [1.807, 2.05) is 0 Å². The topological polar surface area (TPSA) is 296 Å². The maximum absolute atomic E-state index is 13.8. The van der Waals surface area contributed by atoms with Crippen LogP contribution in [0.15, 0.2) is 84.9 Å². The van der Waals surface area contributed by atoms with Crippen LogP contribution in [-0.4, -0.2) is 75.1 Å². The Morgan fingerprint density at radius 2 is 1.14 bits per heavy atom. The summed E-state index contributed by atoms with van der Waals surface area (Å²) in [5.41, 5.74) is -1.47. The van der Waals surface area contributed by atoms with Gasteiger partial charge in [-0.2, -0.15) is 0 Å². The fraction of sp³-hybridized carbons (Fsp3) is 0.163. The highest BCUT2D eigenvalue weighted by Gasteiger charge is 2.54. The van der Waals surface area contributed by atoms with E-state index in [2.05, 4.69) is 5.32 Å². The van der Waals surface area contributed by atoms with Crippen molar-refractivity contribution in [2.24, 2.45) is 0 Å². The molecule has 0 saturated carbocycles. The third-order valence-corrected chi connectivity index (χ3v) is 10.4. The first kappa shape index (κ1) is 44.2. The summed E-state index contributed by atoms with van der Waals surface area (Å²) >= 11 is 12.5. The number of hydrogen-bond acceptors (Lipinski definition) is 18. The lowest BCUT2D eigenvalue weighted by atomic mass is 9.77. The van der Waals surface area contributed by atoms with Gasteiger partial charge in [0.15, 0.2) is 5.60 Å². The molecule has 2 aliphatic rings. The molecule has 0 radical (unpaired) electrons. The van der Waals surface area contributed by atoms with Crippen LogP contribution in [0.1, 0.15) is 37.4 Å². The second-order valence-electron chi connectivity index (χ2n) is 14.0. The average Bonchev–Trinajstić information content (AvgIpc) is 3.51. The van der Waals surface area contributed by atoms with Gasteiger partial charge in [-0.3, -0.25) is 4.79 Å². The van der Waals surface area contributed by atoms with E-state index in [1.54, 1.807) is 0 Å². The van der Waals surface area contributed by atoms with Crippen molar-refractivity contribution in [3.8, 4) is 34.5 Å². The number of esters is 1. The summed E-state index contributed by atoms with van der Waals surface area (Å²) < 4.78 is 23.6. The Labute approximate surface area is 370 Å². The molecule has 330 valence electrons. The number of carboxylic acids is 4. The Hall–Kier alpha value is -7.90. The third-order valence-electron chi connectivity index (χ3n) is 9.82. The Morgan fingerprint density at radius 1 is 0.625 bits per heavy atom. The first-order chi connectivity index (χ1) is 30.4. The number of hydrogen-bond donors (Lipinski definition) is 1. The van der Waals surface area contributed by atoms with Gasteiger partial charge in [0.25, 0.3) is 5.91 Å².